The lowest BCUT2D eigenvalue weighted by atomic mass is 10.2. The fourth-order valence-corrected chi connectivity index (χ4v) is 4.36. The number of aromatic carboxylic acids is 1. The predicted octanol–water partition coefficient (Wildman–Crippen LogP) is 3.22. The Morgan fingerprint density at radius 2 is 1.66 bits per heavy atom. The van der Waals surface area contributed by atoms with E-state index in [9.17, 15) is 19.5 Å². The summed E-state index contributed by atoms with van der Waals surface area (Å²) in [5.74, 6) is -1.97. The van der Waals surface area contributed by atoms with Crippen LogP contribution in [0, 0.1) is 0 Å². The number of rotatable bonds is 6. The van der Waals surface area contributed by atoms with Crippen LogP contribution in [0.25, 0.3) is 0 Å². The maximum atomic E-state index is 13.2. The lowest BCUT2D eigenvalue weighted by Crippen LogP contribution is -2.33. The van der Waals surface area contributed by atoms with Crippen molar-refractivity contribution in [3.63, 3.8) is 0 Å². The molecular weight excluding hydrogens is 426 g/mol. The fraction of sp³-hybridized carbons (Fsp3) is 0.0833. The number of aliphatic imine (C=N–C) groups is 1. The van der Waals surface area contributed by atoms with Gasteiger partial charge in [0, 0.05) is 12.1 Å². The third-order valence-electron chi connectivity index (χ3n) is 4.68. The molecule has 1 fully saturated rings. The van der Waals surface area contributed by atoms with Crippen molar-refractivity contribution in [1.29, 1.82) is 0 Å². The topological polar surface area (TPSA) is 102 Å². The molecule has 8 heteroatoms. The first-order valence-corrected chi connectivity index (χ1v) is 10.7. The lowest BCUT2D eigenvalue weighted by molar-refractivity contribution is -0.255. The number of carboxylic acid groups (broad SMARTS) is 1. The Morgan fingerprint density at radius 3 is 2.34 bits per heavy atom. The molecule has 2 amide bonds. The Hall–Kier alpha value is -3.91. The summed E-state index contributed by atoms with van der Waals surface area (Å²) in [7, 11) is 0. The number of hydrogen-bond acceptors (Lipinski definition) is 6. The van der Waals surface area contributed by atoms with E-state index in [1.807, 2.05) is 60.7 Å². The molecule has 1 atom stereocenters. The molecule has 1 heterocycles. The number of hydrogen-bond donors (Lipinski definition) is 1. The van der Waals surface area contributed by atoms with Gasteiger partial charge in [-0.25, -0.2) is 4.99 Å². The van der Waals surface area contributed by atoms with E-state index >= 15 is 0 Å². The summed E-state index contributed by atoms with van der Waals surface area (Å²) in [4.78, 5) is 43.0. The van der Waals surface area contributed by atoms with Crippen LogP contribution in [0.15, 0.2) is 89.9 Å². The van der Waals surface area contributed by atoms with Crippen LogP contribution in [-0.4, -0.2) is 28.2 Å². The van der Waals surface area contributed by atoms with Gasteiger partial charge in [-0.05, 0) is 42.0 Å². The van der Waals surface area contributed by atoms with Gasteiger partial charge < -0.3 is 15.2 Å². The smallest absolute Gasteiger partial charge is 0.247 e. The molecule has 0 bridgehead atoms. The summed E-state index contributed by atoms with van der Waals surface area (Å²) >= 11 is 1.22. The molecular formula is C24H18N3O4S-. The highest BCUT2D eigenvalue weighted by molar-refractivity contribution is 8.16. The Morgan fingerprint density at radius 1 is 0.969 bits per heavy atom. The lowest BCUT2D eigenvalue weighted by Gasteiger charge is -2.16. The molecule has 3 aromatic carbocycles. The number of carboxylic acids is 1. The molecule has 1 aliphatic rings. The molecule has 1 N–H and O–H groups in total. The van der Waals surface area contributed by atoms with Gasteiger partial charge in [0.05, 0.1) is 17.3 Å². The zero-order valence-corrected chi connectivity index (χ0v) is 17.6. The van der Waals surface area contributed by atoms with Crippen LogP contribution in [-0.2, 0) is 9.59 Å². The van der Waals surface area contributed by atoms with Gasteiger partial charge >= 0.3 is 0 Å². The molecule has 0 spiro atoms. The maximum Gasteiger partial charge on any atom is 0.247 e. The number of carbonyl (C=O) groups is 3. The average Bonchev–Trinajstić information content (AvgIpc) is 3.09. The molecule has 4 rings (SSSR count). The van der Waals surface area contributed by atoms with Crippen LogP contribution in [0.2, 0.25) is 0 Å². The van der Waals surface area contributed by atoms with Gasteiger partial charge in [0.2, 0.25) is 11.8 Å². The normalized spacial score (nSPS) is 16.9. The third kappa shape index (κ3) is 4.87. The standard InChI is InChI=1S/C24H19N3O4S/c28-21(25-18-11-7-8-16(14-18)23(30)31)15-20-22(29)27(19-12-5-2-6-13-19)24(32-20)26-17-9-3-1-4-10-17/h1-14,20H,15H2,(H,25,28)(H,30,31)/p-1/t20-/m1/s1. The van der Waals surface area contributed by atoms with E-state index in [-0.39, 0.29) is 17.9 Å². The first-order chi connectivity index (χ1) is 15.5. The highest BCUT2D eigenvalue weighted by atomic mass is 32.2. The number of thioether (sulfide) groups is 1. The number of benzene rings is 3. The fourth-order valence-electron chi connectivity index (χ4n) is 3.21. The summed E-state index contributed by atoms with van der Waals surface area (Å²) < 4.78 is 0. The molecule has 160 valence electrons. The van der Waals surface area contributed by atoms with Crippen LogP contribution in [0.5, 0.6) is 0 Å². The number of nitrogens with one attached hydrogen (secondary N) is 1. The third-order valence-corrected chi connectivity index (χ3v) is 5.82. The van der Waals surface area contributed by atoms with Crippen LogP contribution in [0.4, 0.5) is 17.1 Å². The van der Waals surface area contributed by atoms with Crippen LogP contribution >= 0.6 is 11.8 Å². The Kier molecular flexibility index (Phi) is 6.32. The Balaban J connectivity index is 1.55. The largest absolute Gasteiger partial charge is 0.545 e. The van der Waals surface area contributed by atoms with E-state index in [0.717, 1.165) is 0 Å². The molecule has 32 heavy (non-hydrogen) atoms. The second-order valence-electron chi connectivity index (χ2n) is 6.97. The van der Waals surface area contributed by atoms with Crippen molar-refractivity contribution in [3.05, 3.63) is 90.5 Å². The van der Waals surface area contributed by atoms with E-state index < -0.39 is 17.1 Å². The number of para-hydroxylation sites is 2. The van der Waals surface area contributed by atoms with E-state index in [1.165, 1.54) is 34.9 Å². The van der Waals surface area contributed by atoms with Crippen LogP contribution in [0.1, 0.15) is 16.8 Å². The van der Waals surface area contributed by atoms with Crippen molar-refractivity contribution in [3.8, 4) is 0 Å². The predicted molar refractivity (Wildman–Crippen MR) is 123 cm³/mol. The van der Waals surface area contributed by atoms with Gasteiger partial charge in [0.1, 0.15) is 5.25 Å². The molecule has 0 aliphatic carbocycles. The van der Waals surface area contributed by atoms with Crippen molar-refractivity contribution >= 4 is 51.8 Å². The van der Waals surface area contributed by atoms with Gasteiger partial charge in [-0.15, -0.1) is 0 Å². The monoisotopic (exact) mass is 444 g/mol. The summed E-state index contributed by atoms with van der Waals surface area (Å²) in [5.41, 5.74) is 1.66. The van der Waals surface area contributed by atoms with Crippen molar-refractivity contribution in [1.82, 2.24) is 0 Å². The van der Waals surface area contributed by atoms with Crippen molar-refractivity contribution < 1.29 is 19.5 Å². The minimum Gasteiger partial charge on any atom is -0.545 e. The second-order valence-corrected chi connectivity index (χ2v) is 8.14. The molecule has 1 aliphatic heterocycles. The zero-order chi connectivity index (χ0) is 22.5. The minimum absolute atomic E-state index is 0.0401. The SMILES string of the molecule is O=C(C[C@H]1SC(=Nc2ccccc2)N(c2ccccc2)C1=O)Nc1cccc(C(=O)[O-])c1. The minimum atomic E-state index is -1.33. The number of anilines is 2. The van der Waals surface area contributed by atoms with Gasteiger partial charge in [-0.3, -0.25) is 14.5 Å². The summed E-state index contributed by atoms with van der Waals surface area (Å²) in [6, 6.07) is 24.2. The molecule has 0 saturated carbocycles. The van der Waals surface area contributed by atoms with Crippen molar-refractivity contribution in [2.24, 2.45) is 4.99 Å². The zero-order valence-electron chi connectivity index (χ0n) is 16.8. The number of amides is 2. The Labute approximate surface area is 188 Å². The van der Waals surface area contributed by atoms with E-state index in [4.69, 9.17) is 0 Å². The van der Waals surface area contributed by atoms with Gasteiger partial charge in [0.15, 0.2) is 5.17 Å². The van der Waals surface area contributed by atoms with E-state index in [2.05, 4.69) is 10.3 Å². The average molecular weight is 444 g/mol. The first kappa shape index (κ1) is 21.3. The van der Waals surface area contributed by atoms with Gasteiger partial charge in [-0.2, -0.15) is 0 Å². The van der Waals surface area contributed by atoms with E-state index in [1.54, 1.807) is 6.07 Å². The second kappa shape index (κ2) is 9.49. The first-order valence-electron chi connectivity index (χ1n) is 9.82. The quantitative estimate of drug-likeness (QED) is 0.629. The molecule has 7 nitrogen and oxygen atoms in total. The highest BCUT2D eigenvalue weighted by Crippen LogP contribution is 2.35. The van der Waals surface area contributed by atoms with Gasteiger partial charge in [0.25, 0.3) is 0 Å². The molecule has 0 aromatic heterocycles. The van der Waals surface area contributed by atoms with Gasteiger partial charge in [-0.1, -0.05) is 60.3 Å². The molecule has 3 aromatic rings. The molecule has 0 radical (unpaired) electrons. The number of carbonyl (C=O) groups excluding carboxylic acids is 3. The van der Waals surface area contributed by atoms with Crippen molar-refractivity contribution in [2.75, 3.05) is 10.2 Å². The summed E-state index contributed by atoms with van der Waals surface area (Å²) in [5, 5.41) is 13.5. The van der Waals surface area contributed by atoms with E-state index in [0.29, 0.717) is 22.2 Å². The molecule has 0 unspecified atom stereocenters. The maximum absolute atomic E-state index is 13.2. The summed E-state index contributed by atoms with van der Waals surface area (Å²) in [6.07, 6.45) is -0.0871. The summed E-state index contributed by atoms with van der Waals surface area (Å²) in [6.45, 7) is 0. The molecule has 1 saturated heterocycles. The number of nitrogens with zero attached hydrogens (tertiary/aromatic N) is 2. The highest BCUT2D eigenvalue weighted by Gasteiger charge is 2.40. The van der Waals surface area contributed by atoms with Crippen LogP contribution < -0.4 is 15.3 Å². The Bertz CT molecular complexity index is 1180. The number of amidine groups is 1. The van der Waals surface area contributed by atoms with Crippen LogP contribution in [0.3, 0.4) is 0 Å². The van der Waals surface area contributed by atoms with Crippen molar-refractivity contribution in [2.45, 2.75) is 11.7 Å².